The summed E-state index contributed by atoms with van der Waals surface area (Å²) >= 11 is 0. The van der Waals surface area contributed by atoms with Gasteiger partial charge in [0.05, 0.1) is 25.9 Å². The number of anilines is 1. The van der Waals surface area contributed by atoms with Crippen molar-refractivity contribution in [2.45, 2.75) is 19.1 Å². The van der Waals surface area contributed by atoms with Crippen LogP contribution in [-0.4, -0.2) is 42.5 Å². The first-order chi connectivity index (χ1) is 12.1. The number of carbonyl (C=O) groups is 1. The lowest BCUT2D eigenvalue weighted by molar-refractivity contribution is -0.000953. The van der Waals surface area contributed by atoms with Crippen molar-refractivity contribution in [1.82, 2.24) is 10.3 Å². The minimum atomic E-state index is -0.812. The Kier molecular flexibility index (Phi) is 7.18. The van der Waals surface area contributed by atoms with E-state index in [1.807, 2.05) is 37.3 Å². The molecule has 0 radical (unpaired) electrons. The summed E-state index contributed by atoms with van der Waals surface area (Å²) in [5.74, 6) is 0.318. The van der Waals surface area contributed by atoms with Gasteiger partial charge in [0.15, 0.2) is 0 Å². The first-order valence-corrected chi connectivity index (χ1v) is 7.98. The zero-order valence-electron chi connectivity index (χ0n) is 14.3. The summed E-state index contributed by atoms with van der Waals surface area (Å²) in [4.78, 5) is 15.9. The summed E-state index contributed by atoms with van der Waals surface area (Å²) in [5, 5.41) is 15.2. The van der Waals surface area contributed by atoms with Gasteiger partial charge in [-0.2, -0.15) is 0 Å². The number of ether oxygens (including phenoxy) is 2. The van der Waals surface area contributed by atoms with Gasteiger partial charge in [0, 0.05) is 12.7 Å². The van der Waals surface area contributed by atoms with Gasteiger partial charge in [-0.3, -0.25) is 0 Å². The zero-order valence-corrected chi connectivity index (χ0v) is 14.3. The quantitative estimate of drug-likeness (QED) is 0.683. The van der Waals surface area contributed by atoms with Crippen LogP contribution >= 0.6 is 0 Å². The van der Waals surface area contributed by atoms with Crippen LogP contribution in [0, 0.1) is 0 Å². The molecule has 25 heavy (non-hydrogen) atoms. The van der Waals surface area contributed by atoms with Crippen molar-refractivity contribution >= 4 is 11.7 Å². The molecule has 0 aliphatic rings. The van der Waals surface area contributed by atoms with E-state index >= 15 is 0 Å². The molecule has 2 atom stereocenters. The largest absolute Gasteiger partial charge is 0.480 e. The maximum Gasteiger partial charge on any atom is 0.319 e. The van der Waals surface area contributed by atoms with E-state index < -0.39 is 12.1 Å². The normalized spacial score (nSPS) is 12.9. The minimum absolute atomic E-state index is 0.0654. The number of aliphatic hydroxyl groups is 1. The topological polar surface area (TPSA) is 92.7 Å². The molecule has 0 fully saturated rings. The highest BCUT2D eigenvalue weighted by molar-refractivity contribution is 5.90. The zero-order chi connectivity index (χ0) is 18.1. The fourth-order valence-electron chi connectivity index (χ4n) is 2.16. The first-order valence-electron chi connectivity index (χ1n) is 7.98. The maximum atomic E-state index is 11.9. The van der Waals surface area contributed by atoms with E-state index in [1.165, 1.54) is 7.11 Å². The number of hydrogen-bond donors (Lipinski definition) is 3. The van der Waals surface area contributed by atoms with Gasteiger partial charge in [-0.25, -0.2) is 9.78 Å². The number of hydrogen-bond acceptors (Lipinski definition) is 5. The second-order valence-corrected chi connectivity index (χ2v) is 5.44. The Morgan fingerprint density at radius 1 is 1.24 bits per heavy atom. The van der Waals surface area contributed by atoms with Gasteiger partial charge in [-0.05, 0) is 24.6 Å². The summed E-state index contributed by atoms with van der Waals surface area (Å²) < 4.78 is 10.7. The molecular weight excluding hydrogens is 322 g/mol. The van der Waals surface area contributed by atoms with Crippen molar-refractivity contribution in [3.8, 4) is 5.88 Å². The van der Waals surface area contributed by atoms with Crippen LogP contribution in [0.3, 0.4) is 0 Å². The monoisotopic (exact) mass is 345 g/mol. The Bertz CT molecular complexity index is 666. The van der Waals surface area contributed by atoms with E-state index in [4.69, 9.17) is 9.47 Å². The maximum absolute atomic E-state index is 11.9. The molecule has 2 amide bonds. The Morgan fingerprint density at radius 2 is 2.00 bits per heavy atom. The molecule has 0 spiro atoms. The van der Waals surface area contributed by atoms with Crippen molar-refractivity contribution in [1.29, 1.82) is 0 Å². The molecule has 1 aromatic carbocycles. The van der Waals surface area contributed by atoms with E-state index in [9.17, 15) is 9.90 Å². The molecular formula is C18H23N3O4. The lowest BCUT2D eigenvalue weighted by Gasteiger charge is -2.17. The Balaban J connectivity index is 1.72. The van der Waals surface area contributed by atoms with Crippen LogP contribution in [0.15, 0.2) is 48.7 Å². The van der Waals surface area contributed by atoms with Crippen LogP contribution in [0.2, 0.25) is 0 Å². The van der Waals surface area contributed by atoms with Crippen LogP contribution < -0.4 is 15.4 Å². The number of nitrogens with one attached hydrogen (secondary N) is 2. The van der Waals surface area contributed by atoms with Gasteiger partial charge < -0.3 is 25.2 Å². The lowest BCUT2D eigenvalue weighted by Crippen LogP contribution is -2.37. The highest BCUT2D eigenvalue weighted by Crippen LogP contribution is 2.19. The Morgan fingerprint density at radius 3 is 2.72 bits per heavy atom. The van der Waals surface area contributed by atoms with Gasteiger partial charge in [-0.15, -0.1) is 0 Å². The van der Waals surface area contributed by atoms with E-state index in [1.54, 1.807) is 18.3 Å². The van der Waals surface area contributed by atoms with Gasteiger partial charge in [0.25, 0.3) is 0 Å². The van der Waals surface area contributed by atoms with Gasteiger partial charge in [-0.1, -0.05) is 30.3 Å². The number of amides is 2. The predicted molar refractivity (Wildman–Crippen MR) is 94.6 cm³/mol. The number of rotatable bonds is 8. The number of carbonyl (C=O) groups excluding carboxylic acids is 1. The molecule has 0 saturated carbocycles. The van der Waals surface area contributed by atoms with E-state index in [-0.39, 0.29) is 19.3 Å². The van der Waals surface area contributed by atoms with Crippen molar-refractivity contribution in [2.75, 3.05) is 25.6 Å². The van der Waals surface area contributed by atoms with Crippen LogP contribution in [0.25, 0.3) is 0 Å². The number of urea groups is 1. The van der Waals surface area contributed by atoms with Gasteiger partial charge >= 0.3 is 6.03 Å². The third-order valence-corrected chi connectivity index (χ3v) is 3.52. The number of methoxy groups -OCH3 is 1. The second-order valence-electron chi connectivity index (χ2n) is 5.44. The fraction of sp³-hybridized carbons (Fsp3) is 0.333. The third-order valence-electron chi connectivity index (χ3n) is 3.52. The molecule has 0 aliphatic carbocycles. The average Bonchev–Trinajstić information content (AvgIpc) is 2.65. The van der Waals surface area contributed by atoms with Gasteiger partial charge in [0.2, 0.25) is 5.88 Å². The predicted octanol–water partition coefficient (Wildman–Crippen LogP) is 2.35. The molecule has 1 heterocycles. The minimum Gasteiger partial charge on any atom is -0.480 e. The first kappa shape index (κ1) is 18.7. The molecule has 0 unspecified atom stereocenters. The lowest BCUT2D eigenvalue weighted by atomic mass is 10.1. The molecule has 0 saturated heterocycles. The molecule has 2 aromatic rings. The number of benzene rings is 1. The van der Waals surface area contributed by atoms with E-state index in [2.05, 4.69) is 15.6 Å². The Hall–Kier alpha value is -2.64. The summed E-state index contributed by atoms with van der Waals surface area (Å²) in [6.45, 7) is 2.10. The van der Waals surface area contributed by atoms with Gasteiger partial charge in [0.1, 0.15) is 5.69 Å². The highest BCUT2D eigenvalue weighted by Gasteiger charge is 2.12. The van der Waals surface area contributed by atoms with Crippen LogP contribution in [0.1, 0.15) is 18.6 Å². The van der Waals surface area contributed by atoms with Crippen LogP contribution in [-0.2, 0) is 4.74 Å². The molecule has 2 rings (SSSR count). The Labute approximate surface area is 147 Å². The molecule has 134 valence electrons. The number of nitrogens with zero attached hydrogens (tertiary/aromatic N) is 1. The van der Waals surface area contributed by atoms with Crippen LogP contribution in [0.4, 0.5) is 10.5 Å². The number of pyridine rings is 1. The summed E-state index contributed by atoms with van der Waals surface area (Å²) in [6.07, 6.45) is 0.619. The molecule has 0 bridgehead atoms. The number of aliphatic hydroxyl groups excluding tert-OH is 1. The average molecular weight is 345 g/mol. The van der Waals surface area contributed by atoms with Crippen molar-refractivity contribution in [3.63, 3.8) is 0 Å². The van der Waals surface area contributed by atoms with E-state index in [0.29, 0.717) is 11.6 Å². The SMILES string of the molecule is COc1ncccc1NC(=O)NC[C@H](O)CO[C@@H](C)c1ccccc1. The standard InChI is InChI=1S/C18H23N3O4/c1-13(14-7-4-3-5-8-14)25-12-15(22)11-20-18(23)21-16-9-6-10-19-17(16)24-2/h3-10,13,15,22H,11-12H2,1-2H3,(H2,20,21,23)/t13-,15-/m0/s1. The van der Waals surface area contributed by atoms with Crippen molar-refractivity contribution < 1.29 is 19.4 Å². The third kappa shape index (κ3) is 6.06. The van der Waals surface area contributed by atoms with Crippen LogP contribution in [0.5, 0.6) is 5.88 Å². The fourth-order valence-corrected chi connectivity index (χ4v) is 2.16. The molecule has 7 heteroatoms. The molecule has 0 aliphatic heterocycles. The molecule has 1 aromatic heterocycles. The summed E-state index contributed by atoms with van der Waals surface area (Å²) in [5.41, 5.74) is 1.48. The summed E-state index contributed by atoms with van der Waals surface area (Å²) in [7, 11) is 1.47. The molecule has 3 N–H and O–H groups in total. The van der Waals surface area contributed by atoms with Crippen molar-refractivity contribution in [2.24, 2.45) is 0 Å². The summed E-state index contributed by atoms with van der Waals surface area (Å²) in [6, 6.07) is 12.6. The van der Waals surface area contributed by atoms with Crippen molar-refractivity contribution in [3.05, 3.63) is 54.2 Å². The molecule has 7 nitrogen and oxygen atoms in total. The smallest absolute Gasteiger partial charge is 0.319 e. The second kappa shape index (κ2) is 9.61. The van der Waals surface area contributed by atoms with E-state index in [0.717, 1.165) is 5.56 Å². The number of aromatic nitrogens is 1. The highest BCUT2D eigenvalue weighted by atomic mass is 16.5.